The number of hydrogen-bond donors (Lipinski definition) is 0. The van der Waals surface area contributed by atoms with Gasteiger partial charge in [-0.1, -0.05) is 0 Å². The van der Waals surface area contributed by atoms with Crippen molar-refractivity contribution in [1.29, 1.82) is 0 Å². The van der Waals surface area contributed by atoms with Gasteiger partial charge in [-0.15, -0.1) is 0 Å². The third-order valence-electron chi connectivity index (χ3n) is 2.82. The van der Waals surface area contributed by atoms with Gasteiger partial charge in [0.15, 0.2) is 11.2 Å². The molecule has 0 N–H and O–H groups in total. The van der Waals surface area contributed by atoms with Gasteiger partial charge >= 0.3 is 11.7 Å². The van der Waals surface area contributed by atoms with Gasteiger partial charge < -0.3 is 9.30 Å². The van der Waals surface area contributed by atoms with Crippen LogP contribution in [0.1, 0.15) is 6.92 Å². The third kappa shape index (κ3) is 2.16. The second kappa shape index (κ2) is 4.71. The summed E-state index contributed by atoms with van der Waals surface area (Å²) in [5, 5.41) is 0. The second-order valence-electron chi connectivity index (χ2n) is 4.17. The number of aromatic nitrogens is 4. The van der Waals surface area contributed by atoms with E-state index in [1.807, 2.05) is 0 Å². The van der Waals surface area contributed by atoms with Gasteiger partial charge in [0.05, 0.1) is 12.9 Å². The summed E-state index contributed by atoms with van der Waals surface area (Å²) in [6, 6.07) is 0. The quantitative estimate of drug-likeness (QED) is 0.665. The largest absolute Gasteiger partial charge is 0.464 e. The fraction of sp³-hybridized carbons (Fsp3) is 0.455. The van der Waals surface area contributed by atoms with E-state index in [1.165, 1.54) is 17.8 Å². The van der Waals surface area contributed by atoms with Crippen molar-refractivity contribution in [2.75, 3.05) is 6.61 Å². The molecule has 0 aliphatic heterocycles. The molecule has 0 aromatic carbocycles. The maximum Gasteiger partial charge on any atom is 0.332 e. The lowest BCUT2D eigenvalue weighted by atomic mass is 10.5. The van der Waals surface area contributed by atoms with Gasteiger partial charge in [-0.25, -0.2) is 9.78 Å². The number of carbonyl (C=O) groups is 1. The monoisotopic (exact) mass is 266 g/mol. The average molecular weight is 266 g/mol. The molecule has 2 rings (SSSR count). The van der Waals surface area contributed by atoms with Crippen LogP contribution in [-0.2, 0) is 30.2 Å². The molecule has 0 unspecified atom stereocenters. The van der Waals surface area contributed by atoms with Gasteiger partial charge in [0.1, 0.15) is 6.61 Å². The van der Waals surface area contributed by atoms with Gasteiger partial charge in [-0.05, 0) is 0 Å². The predicted molar refractivity (Wildman–Crippen MR) is 66.8 cm³/mol. The zero-order valence-corrected chi connectivity index (χ0v) is 10.9. The normalized spacial score (nSPS) is 10.9. The van der Waals surface area contributed by atoms with Crippen LogP contribution in [0.25, 0.3) is 11.2 Å². The smallest absolute Gasteiger partial charge is 0.332 e. The molecule has 19 heavy (non-hydrogen) atoms. The van der Waals surface area contributed by atoms with Gasteiger partial charge in [-0.2, -0.15) is 0 Å². The van der Waals surface area contributed by atoms with Crippen molar-refractivity contribution >= 4 is 17.1 Å². The number of nitrogens with zero attached hydrogens (tertiary/aromatic N) is 4. The van der Waals surface area contributed by atoms with Gasteiger partial charge in [0.2, 0.25) is 0 Å². The summed E-state index contributed by atoms with van der Waals surface area (Å²) >= 11 is 0. The number of fused-ring (bicyclic) bond motifs is 1. The fourth-order valence-corrected chi connectivity index (χ4v) is 1.87. The van der Waals surface area contributed by atoms with Crippen LogP contribution in [-0.4, -0.2) is 31.3 Å². The molecule has 2 aromatic heterocycles. The topological polar surface area (TPSA) is 88.1 Å². The first-order valence-electron chi connectivity index (χ1n) is 5.67. The molecule has 102 valence electrons. The van der Waals surface area contributed by atoms with Gasteiger partial charge in [0.25, 0.3) is 5.56 Å². The number of hydrogen-bond acceptors (Lipinski definition) is 5. The second-order valence-corrected chi connectivity index (χ2v) is 4.17. The number of aryl methyl sites for hydroxylation is 2. The van der Waals surface area contributed by atoms with Gasteiger partial charge in [-0.3, -0.25) is 18.7 Å². The van der Waals surface area contributed by atoms with Crippen molar-refractivity contribution in [3.8, 4) is 0 Å². The Hall–Kier alpha value is -2.38. The van der Waals surface area contributed by atoms with E-state index in [0.29, 0.717) is 11.2 Å². The summed E-state index contributed by atoms with van der Waals surface area (Å²) in [5.74, 6) is -0.452. The minimum absolute atomic E-state index is 0.0200. The van der Waals surface area contributed by atoms with Crippen LogP contribution in [0.4, 0.5) is 0 Å². The van der Waals surface area contributed by atoms with Crippen LogP contribution >= 0.6 is 0 Å². The molecule has 0 radical (unpaired) electrons. The molecule has 0 aliphatic rings. The highest BCUT2D eigenvalue weighted by atomic mass is 16.5. The molecule has 8 heteroatoms. The first-order chi connectivity index (χ1) is 8.93. The summed E-state index contributed by atoms with van der Waals surface area (Å²) in [5.41, 5.74) is -0.250. The molecule has 0 spiro atoms. The maximum atomic E-state index is 12.2. The predicted octanol–water partition coefficient (Wildman–Crippen LogP) is -1.00. The highest BCUT2D eigenvalue weighted by Gasteiger charge is 2.14. The lowest BCUT2D eigenvalue weighted by Crippen LogP contribution is -2.40. The lowest BCUT2D eigenvalue weighted by Gasteiger charge is -2.08. The molecule has 2 heterocycles. The third-order valence-corrected chi connectivity index (χ3v) is 2.82. The molecule has 0 atom stereocenters. The summed E-state index contributed by atoms with van der Waals surface area (Å²) in [7, 11) is 3.22. The fourth-order valence-electron chi connectivity index (χ4n) is 1.87. The zero-order valence-electron chi connectivity index (χ0n) is 10.9. The minimum atomic E-state index is -0.483. The van der Waals surface area contributed by atoms with Crippen LogP contribution < -0.4 is 11.2 Å². The van der Waals surface area contributed by atoms with Crippen LogP contribution in [0.3, 0.4) is 0 Å². The van der Waals surface area contributed by atoms with E-state index >= 15 is 0 Å². The highest BCUT2D eigenvalue weighted by molar-refractivity contribution is 5.69. The SMILES string of the molecule is CC(=O)OCCn1c(=O)c2c(ncn2C)n(C)c1=O. The van der Waals surface area contributed by atoms with Crippen molar-refractivity contribution < 1.29 is 9.53 Å². The standard InChI is InChI=1S/C11H14N4O4/c1-7(16)19-5-4-15-10(17)8-9(12-6-13(8)2)14(3)11(15)18/h6H,4-5H2,1-3H3. The Kier molecular flexibility index (Phi) is 3.24. The van der Waals surface area contributed by atoms with E-state index in [9.17, 15) is 14.4 Å². The highest BCUT2D eigenvalue weighted by Crippen LogP contribution is 2.02. The molecular weight excluding hydrogens is 252 g/mol. The van der Waals surface area contributed by atoms with Crippen molar-refractivity contribution in [2.24, 2.45) is 14.1 Å². The van der Waals surface area contributed by atoms with E-state index in [0.717, 1.165) is 4.57 Å². The summed E-state index contributed by atoms with van der Waals surface area (Å²) < 4.78 is 8.64. The van der Waals surface area contributed by atoms with E-state index in [4.69, 9.17) is 4.74 Å². The first-order valence-corrected chi connectivity index (χ1v) is 5.67. The Morgan fingerprint density at radius 1 is 1.37 bits per heavy atom. The van der Waals surface area contributed by atoms with Crippen LogP contribution in [0.2, 0.25) is 0 Å². The Balaban J connectivity index is 2.55. The lowest BCUT2D eigenvalue weighted by molar-refractivity contribution is -0.141. The molecule has 0 fully saturated rings. The molecule has 0 bridgehead atoms. The summed E-state index contributed by atoms with van der Waals surface area (Å²) in [6.07, 6.45) is 1.47. The van der Waals surface area contributed by atoms with Crippen molar-refractivity contribution in [1.82, 2.24) is 18.7 Å². The Morgan fingerprint density at radius 2 is 2.05 bits per heavy atom. The molecule has 0 saturated heterocycles. The van der Waals surface area contributed by atoms with E-state index in [-0.39, 0.29) is 13.2 Å². The molecule has 2 aromatic rings. The molecular formula is C11H14N4O4. The Morgan fingerprint density at radius 3 is 2.68 bits per heavy atom. The first kappa shape index (κ1) is 13.1. The van der Waals surface area contributed by atoms with Crippen LogP contribution in [0.15, 0.2) is 15.9 Å². The Labute approximate surface area is 107 Å². The Bertz CT molecular complexity index is 752. The minimum Gasteiger partial charge on any atom is -0.464 e. The molecule has 8 nitrogen and oxygen atoms in total. The molecule has 0 aliphatic carbocycles. The van der Waals surface area contributed by atoms with Crippen molar-refractivity contribution in [3.05, 3.63) is 27.2 Å². The van der Waals surface area contributed by atoms with Crippen LogP contribution in [0, 0.1) is 0 Å². The van der Waals surface area contributed by atoms with E-state index in [2.05, 4.69) is 4.98 Å². The van der Waals surface area contributed by atoms with Gasteiger partial charge in [0, 0.05) is 21.0 Å². The van der Waals surface area contributed by atoms with E-state index < -0.39 is 17.2 Å². The number of imidazole rings is 1. The number of rotatable bonds is 3. The summed E-state index contributed by atoms with van der Waals surface area (Å²) in [4.78, 5) is 38.9. The van der Waals surface area contributed by atoms with E-state index in [1.54, 1.807) is 18.7 Å². The number of ether oxygens (including phenoxy) is 1. The average Bonchev–Trinajstić information content (AvgIpc) is 2.73. The van der Waals surface area contributed by atoms with Crippen molar-refractivity contribution in [3.63, 3.8) is 0 Å². The zero-order chi connectivity index (χ0) is 14.2. The number of carbonyl (C=O) groups excluding carboxylic acids is 1. The number of esters is 1. The van der Waals surface area contributed by atoms with Crippen molar-refractivity contribution in [2.45, 2.75) is 13.5 Å². The summed E-state index contributed by atoms with van der Waals surface area (Å²) in [6.45, 7) is 1.27. The molecule has 0 saturated carbocycles. The maximum absolute atomic E-state index is 12.2. The van der Waals surface area contributed by atoms with Crippen LogP contribution in [0.5, 0.6) is 0 Å². The molecule has 0 amide bonds.